The zero-order valence-corrected chi connectivity index (χ0v) is 32.8. The molecule has 0 bridgehead atoms. The van der Waals surface area contributed by atoms with Gasteiger partial charge in [0.05, 0.1) is 17.7 Å². The first kappa shape index (κ1) is 42.5. The highest BCUT2D eigenvalue weighted by Gasteiger charge is 2.23. The van der Waals surface area contributed by atoms with Crippen LogP contribution >= 0.6 is 0 Å². The highest BCUT2D eigenvalue weighted by atomic mass is 32.2. The van der Waals surface area contributed by atoms with E-state index in [-0.39, 0.29) is 44.7 Å². The zero-order chi connectivity index (χ0) is 43.6. The van der Waals surface area contributed by atoms with Crippen LogP contribution in [0.5, 0.6) is 17.2 Å². The normalized spacial score (nSPS) is 12.5. The van der Waals surface area contributed by atoms with Crippen molar-refractivity contribution in [3.8, 4) is 17.2 Å². The van der Waals surface area contributed by atoms with E-state index in [2.05, 4.69) is 25.8 Å². The standard InChI is InChI=1S/C37H28N6O14S3/c1-57-32-20-29(40-42-36-35(60(54,55)56)16-23-15-25(12-14-28(23)37(36)45)38-24-5-3-2-4-6-24)31(44)19-30(32)41-39-26-11-9-21(33(17-26)58(48,49)50)7-8-22-10-13-27(43(46)47)18-34(22)59(51,52)53/h2-20,38,44-45H,1H3,(H,48,49,50)(H,51,52,53)(H,54,55,56). The first-order valence-corrected chi connectivity index (χ1v) is 20.9. The molecule has 0 aliphatic heterocycles. The Balaban J connectivity index is 1.30. The summed E-state index contributed by atoms with van der Waals surface area (Å²) in [5.41, 5.74) is -1.07. The van der Waals surface area contributed by atoms with Crippen LogP contribution in [0, 0.1) is 10.1 Å². The lowest BCUT2D eigenvalue weighted by Crippen LogP contribution is -2.02. The molecule has 6 aromatic carbocycles. The van der Waals surface area contributed by atoms with Crippen molar-refractivity contribution in [3.05, 3.63) is 124 Å². The fourth-order valence-electron chi connectivity index (χ4n) is 5.62. The Morgan fingerprint density at radius 3 is 1.88 bits per heavy atom. The fraction of sp³-hybridized carbons (Fsp3) is 0.0270. The maximum Gasteiger partial charge on any atom is 0.296 e. The molecule has 0 saturated carbocycles. The summed E-state index contributed by atoms with van der Waals surface area (Å²) in [6.45, 7) is 0. The van der Waals surface area contributed by atoms with E-state index < -0.39 is 72.8 Å². The second-order valence-corrected chi connectivity index (χ2v) is 16.5. The number of hydrogen-bond donors (Lipinski definition) is 6. The van der Waals surface area contributed by atoms with Gasteiger partial charge in [0, 0.05) is 41.0 Å². The third kappa shape index (κ3) is 9.58. The Morgan fingerprint density at radius 2 is 1.27 bits per heavy atom. The Labute approximate surface area is 339 Å². The summed E-state index contributed by atoms with van der Waals surface area (Å²) in [5.74, 6) is -1.34. The number of benzene rings is 6. The van der Waals surface area contributed by atoms with Gasteiger partial charge in [-0.05, 0) is 71.1 Å². The summed E-state index contributed by atoms with van der Waals surface area (Å²) in [4.78, 5) is 7.88. The number of non-ortho nitro benzene ring substituents is 1. The van der Waals surface area contributed by atoms with Gasteiger partial charge in [-0.3, -0.25) is 23.8 Å². The number of aromatic hydroxyl groups is 2. The predicted molar refractivity (Wildman–Crippen MR) is 216 cm³/mol. The topological polar surface area (TPSA) is 317 Å². The van der Waals surface area contributed by atoms with E-state index in [1.54, 1.807) is 24.3 Å². The average Bonchev–Trinajstić information content (AvgIpc) is 3.18. The van der Waals surface area contributed by atoms with E-state index in [0.29, 0.717) is 11.8 Å². The number of methoxy groups -OCH3 is 1. The molecule has 60 heavy (non-hydrogen) atoms. The summed E-state index contributed by atoms with van der Waals surface area (Å²) in [6.07, 6.45) is 2.10. The van der Waals surface area contributed by atoms with Crippen molar-refractivity contribution in [2.45, 2.75) is 14.7 Å². The number of fused-ring (bicyclic) bond motifs is 1. The number of phenols is 2. The number of phenolic OH excluding ortho intramolecular Hbond substituents is 2. The number of para-hydroxylation sites is 1. The smallest absolute Gasteiger partial charge is 0.296 e. The third-order valence-electron chi connectivity index (χ3n) is 8.40. The summed E-state index contributed by atoms with van der Waals surface area (Å²) < 4.78 is 108. The maximum atomic E-state index is 12.4. The second-order valence-electron chi connectivity index (χ2n) is 12.4. The van der Waals surface area contributed by atoms with Crippen molar-refractivity contribution in [1.82, 2.24) is 0 Å². The lowest BCUT2D eigenvalue weighted by atomic mass is 10.1. The van der Waals surface area contributed by atoms with Crippen LogP contribution in [0.15, 0.2) is 138 Å². The Hall–Kier alpha value is -7.15. The van der Waals surface area contributed by atoms with Crippen LogP contribution in [0.4, 0.5) is 39.8 Å². The molecular formula is C37H28N6O14S3. The number of nitrogens with one attached hydrogen (secondary N) is 1. The molecule has 0 amide bonds. The lowest BCUT2D eigenvalue weighted by Gasteiger charge is -2.12. The molecule has 0 aliphatic rings. The predicted octanol–water partition coefficient (Wildman–Crippen LogP) is 8.65. The van der Waals surface area contributed by atoms with Gasteiger partial charge in [-0.2, -0.15) is 30.4 Å². The van der Waals surface area contributed by atoms with Crippen LogP contribution in [-0.2, 0) is 30.4 Å². The van der Waals surface area contributed by atoms with E-state index in [0.717, 1.165) is 60.3 Å². The van der Waals surface area contributed by atoms with Gasteiger partial charge in [-0.25, -0.2) is 0 Å². The van der Waals surface area contributed by atoms with Crippen LogP contribution in [0.25, 0.3) is 22.9 Å². The van der Waals surface area contributed by atoms with E-state index in [1.165, 1.54) is 19.2 Å². The number of rotatable bonds is 13. The quantitative estimate of drug-likeness (QED) is 0.0208. The van der Waals surface area contributed by atoms with Gasteiger partial charge in [-0.1, -0.05) is 36.4 Å². The van der Waals surface area contributed by atoms with E-state index in [9.17, 15) is 59.2 Å². The van der Waals surface area contributed by atoms with Crippen molar-refractivity contribution < 1.29 is 58.8 Å². The maximum absolute atomic E-state index is 12.4. The number of anilines is 2. The minimum Gasteiger partial charge on any atom is -0.506 e. The van der Waals surface area contributed by atoms with Crippen molar-refractivity contribution in [1.29, 1.82) is 0 Å². The molecule has 0 unspecified atom stereocenters. The number of azo groups is 2. The highest BCUT2D eigenvalue weighted by Crippen LogP contribution is 2.45. The molecule has 6 rings (SSSR count). The summed E-state index contributed by atoms with van der Waals surface area (Å²) in [7, 11) is -13.7. The minimum absolute atomic E-state index is 0.0889. The summed E-state index contributed by atoms with van der Waals surface area (Å²) >= 11 is 0. The van der Waals surface area contributed by atoms with Crippen molar-refractivity contribution >= 4 is 93.1 Å². The van der Waals surface area contributed by atoms with Gasteiger partial charge in [0.25, 0.3) is 36.0 Å². The van der Waals surface area contributed by atoms with Crippen LogP contribution in [0.2, 0.25) is 0 Å². The van der Waals surface area contributed by atoms with Gasteiger partial charge in [0.2, 0.25) is 0 Å². The number of hydrogen-bond acceptors (Lipinski definition) is 16. The molecule has 0 aromatic heterocycles. The Kier molecular flexibility index (Phi) is 11.8. The zero-order valence-electron chi connectivity index (χ0n) is 30.3. The molecule has 0 atom stereocenters. The van der Waals surface area contributed by atoms with Crippen molar-refractivity contribution in [2.75, 3.05) is 12.4 Å². The van der Waals surface area contributed by atoms with Gasteiger partial charge in [0.1, 0.15) is 43.2 Å². The van der Waals surface area contributed by atoms with E-state index in [1.807, 2.05) is 18.2 Å². The molecule has 308 valence electrons. The van der Waals surface area contributed by atoms with Crippen molar-refractivity contribution in [3.63, 3.8) is 0 Å². The molecule has 0 radical (unpaired) electrons. The molecule has 0 fully saturated rings. The van der Waals surface area contributed by atoms with Gasteiger partial charge >= 0.3 is 0 Å². The Morgan fingerprint density at radius 1 is 0.650 bits per heavy atom. The van der Waals surface area contributed by atoms with Gasteiger partial charge < -0.3 is 20.3 Å². The summed E-state index contributed by atoms with van der Waals surface area (Å²) in [5, 5.41) is 52.2. The fourth-order valence-corrected chi connectivity index (χ4v) is 7.68. The number of ether oxygens (including phenoxy) is 1. The minimum atomic E-state index is -4.99. The van der Waals surface area contributed by atoms with Crippen molar-refractivity contribution in [2.24, 2.45) is 20.5 Å². The monoisotopic (exact) mass is 876 g/mol. The number of nitro benzene ring substituents is 1. The molecule has 0 aliphatic carbocycles. The molecular weight excluding hydrogens is 849 g/mol. The van der Waals surface area contributed by atoms with Crippen LogP contribution in [-0.4, -0.2) is 61.2 Å². The number of nitrogens with zero attached hydrogens (tertiary/aromatic N) is 5. The SMILES string of the molecule is COc1cc(N=Nc2c(S(=O)(=O)O)cc3cc(Nc4ccccc4)ccc3c2O)c(O)cc1N=Nc1ccc(C=Cc2ccc([N+](=O)[O-])cc2S(=O)(=O)O)c(S(=O)(=O)O)c1. The molecule has 0 heterocycles. The average molecular weight is 877 g/mol. The molecule has 6 aromatic rings. The van der Waals surface area contributed by atoms with E-state index in [4.69, 9.17) is 4.74 Å². The molecule has 23 heteroatoms. The highest BCUT2D eigenvalue weighted by molar-refractivity contribution is 7.86. The van der Waals surface area contributed by atoms with E-state index >= 15 is 0 Å². The van der Waals surface area contributed by atoms with Crippen LogP contribution in [0.3, 0.4) is 0 Å². The molecule has 6 N–H and O–H groups in total. The summed E-state index contributed by atoms with van der Waals surface area (Å²) in [6, 6.07) is 22.8. The molecule has 0 saturated heterocycles. The first-order valence-electron chi connectivity index (χ1n) is 16.6. The van der Waals surface area contributed by atoms with Crippen LogP contribution in [0.1, 0.15) is 11.1 Å². The largest absolute Gasteiger partial charge is 0.506 e. The molecule has 20 nitrogen and oxygen atoms in total. The second kappa shape index (κ2) is 16.6. The third-order valence-corrected chi connectivity index (χ3v) is 11.1. The Bertz CT molecular complexity index is 3140. The first-order chi connectivity index (χ1) is 28.2. The number of nitro groups is 1. The molecule has 0 spiro atoms. The van der Waals surface area contributed by atoms with Gasteiger partial charge in [-0.15, -0.1) is 15.3 Å². The van der Waals surface area contributed by atoms with Crippen LogP contribution < -0.4 is 10.1 Å². The lowest BCUT2D eigenvalue weighted by molar-refractivity contribution is -0.385. The van der Waals surface area contributed by atoms with Gasteiger partial charge in [0.15, 0.2) is 5.75 Å².